The van der Waals surface area contributed by atoms with Gasteiger partial charge in [-0.25, -0.2) is 0 Å². The fraction of sp³-hybridized carbons (Fsp3) is 1.00. The largest absolute Gasteiger partial charge is 0.405 e. The fourth-order valence-corrected chi connectivity index (χ4v) is 2.35. The monoisotopic (exact) mass is 270 g/mol. The number of rotatable bonds is 4. The van der Waals surface area contributed by atoms with Crippen molar-refractivity contribution in [2.24, 2.45) is 5.73 Å². The summed E-state index contributed by atoms with van der Waals surface area (Å²) in [6.45, 7) is 3.27. The molecule has 0 aliphatic carbocycles. The van der Waals surface area contributed by atoms with E-state index in [1.807, 2.05) is 0 Å². The van der Waals surface area contributed by atoms with Crippen LogP contribution < -0.4 is 5.73 Å². The summed E-state index contributed by atoms with van der Waals surface area (Å²) in [5, 5.41) is 9.04. The lowest BCUT2D eigenvalue weighted by molar-refractivity contribution is -0.211. The number of nitrogens with zero attached hydrogens (tertiary/aromatic N) is 1. The molecule has 0 bridgehead atoms. The van der Waals surface area contributed by atoms with Gasteiger partial charge in [0.15, 0.2) is 0 Å². The van der Waals surface area contributed by atoms with E-state index in [0.29, 0.717) is 0 Å². The van der Waals surface area contributed by atoms with Crippen molar-refractivity contribution in [1.82, 2.24) is 4.90 Å². The molecule has 0 aromatic heterocycles. The van der Waals surface area contributed by atoms with Crippen LogP contribution in [0, 0.1) is 0 Å². The van der Waals surface area contributed by atoms with E-state index in [9.17, 15) is 13.2 Å². The molecule has 0 saturated carbocycles. The Bertz CT molecular complexity index is 263. The van der Waals surface area contributed by atoms with Crippen LogP contribution in [0.3, 0.4) is 0 Å². The van der Waals surface area contributed by atoms with Gasteiger partial charge in [-0.1, -0.05) is 6.92 Å². The highest BCUT2D eigenvalue weighted by Crippen LogP contribution is 2.29. The highest BCUT2D eigenvalue weighted by Gasteiger charge is 2.48. The topological polar surface area (TPSA) is 58.7 Å². The van der Waals surface area contributed by atoms with E-state index < -0.39 is 24.4 Å². The molecule has 1 saturated heterocycles. The average molecular weight is 270 g/mol. The third-order valence-corrected chi connectivity index (χ3v) is 3.16. The highest BCUT2D eigenvalue weighted by atomic mass is 19.4. The van der Waals surface area contributed by atoms with Gasteiger partial charge in [0.1, 0.15) is 6.04 Å². The van der Waals surface area contributed by atoms with Crippen molar-refractivity contribution >= 4 is 0 Å². The van der Waals surface area contributed by atoms with E-state index in [-0.39, 0.29) is 32.2 Å². The molecule has 4 unspecified atom stereocenters. The van der Waals surface area contributed by atoms with Crippen LogP contribution in [0.15, 0.2) is 0 Å². The number of aliphatic hydroxyl groups is 1. The summed E-state index contributed by atoms with van der Waals surface area (Å²) in [7, 11) is 0. The van der Waals surface area contributed by atoms with Gasteiger partial charge in [-0.3, -0.25) is 4.90 Å². The molecule has 0 aromatic rings. The molecule has 1 heterocycles. The van der Waals surface area contributed by atoms with Gasteiger partial charge in [-0.15, -0.1) is 0 Å². The molecule has 7 heteroatoms. The number of aliphatic hydroxyl groups excluding tert-OH is 1. The normalized spacial score (nSPS) is 30.2. The first-order chi connectivity index (χ1) is 8.29. The van der Waals surface area contributed by atoms with Crippen molar-refractivity contribution in [3.8, 4) is 0 Å². The van der Waals surface area contributed by atoms with E-state index in [1.165, 1.54) is 4.90 Å². The molecular formula is C11H21F3N2O2. The molecule has 18 heavy (non-hydrogen) atoms. The SMILES string of the molecule is CCC(N)C(N1CC(C)OC(CO)C1)C(F)(F)F. The number of alkyl halides is 3. The molecule has 3 N–H and O–H groups in total. The summed E-state index contributed by atoms with van der Waals surface area (Å²) in [5.74, 6) is 0. The van der Waals surface area contributed by atoms with E-state index in [4.69, 9.17) is 15.6 Å². The molecule has 1 aliphatic rings. The van der Waals surface area contributed by atoms with Crippen LogP contribution in [0.4, 0.5) is 13.2 Å². The Kier molecular flexibility index (Phi) is 5.39. The molecule has 0 spiro atoms. The Morgan fingerprint density at radius 2 is 2.06 bits per heavy atom. The lowest BCUT2D eigenvalue weighted by atomic mass is 10.0. The zero-order valence-electron chi connectivity index (χ0n) is 10.7. The molecule has 1 fully saturated rings. The van der Waals surface area contributed by atoms with Crippen LogP contribution in [0.5, 0.6) is 0 Å². The predicted molar refractivity (Wildman–Crippen MR) is 61.1 cm³/mol. The maximum absolute atomic E-state index is 13.1. The van der Waals surface area contributed by atoms with Crippen molar-refractivity contribution in [3.05, 3.63) is 0 Å². The smallest absolute Gasteiger partial charge is 0.394 e. The van der Waals surface area contributed by atoms with Gasteiger partial charge in [-0.2, -0.15) is 13.2 Å². The van der Waals surface area contributed by atoms with E-state index in [1.54, 1.807) is 13.8 Å². The van der Waals surface area contributed by atoms with Gasteiger partial charge in [0, 0.05) is 19.1 Å². The van der Waals surface area contributed by atoms with Gasteiger partial charge in [-0.05, 0) is 13.3 Å². The van der Waals surface area contributed by atoms with Crippen molar-refractivity contribution in [1.29, 1.82) is 0 Å². The second-order valence-corrected chi connectivity index (χ2v) is 4.76. The number of hydrogen-bond donors (Lipinski definition) is 2. The van der Waals surface area contributed by atoms with Crippen molar-refractivity contribution < 1.29 is 23.0 Å². The van der Waals surface area contributed by atoms with E-state index >= 15 is 0 Å². The maximum atomic E-state index is 13.1. The summed E-state index contributed by atoms with van der Waals surface area (Å²) < 4.78 is 44.6. The quantitative estimate of drug-likeness (QED) is 0.791. The minimum Gasteiger partial charge on any atom is -0.394 e. The number of halogens is 3. The van der Waals surface area contributed by atoms with Crippen LogP contribution in [0.25, 0.3) is 0 Å². The summed E-state index contributed by atoms with van der Waals surface area (Å²) in [6.07, 6.45) is -5.04. The van der Waals surface area contributed by atoms with E-state index in [2.05, 4.69) is 0 Å². The predicted octanol–water partition coefficient (Wildman–Crippen LogP) is 0.736. The first-order valence-electron chi connectivity index (χ1n) is 6.12. The van der Waals surface area contributed by atoms with Crippen LogP contribution in [0.2, 0.25) is 0 Å². The minimum atomic E-state index is -4.37. The standard InChI is InChI=1S/C11H21F3N2O2/c1-3-9(15)10(11(12,13)14)16-4-7(2)18-8(5-16)6-17/h7-10,17H,3-6,15H2,1-2H3. The second-order valence-electron chi connectivity index (χ2n) is 4.76. The number of hydrogen-bond acceptors (Lipinski definition) is 4. The summed E-state index contributed by atoms with van der Waals surface area (Å²) in [6, 6.07) is -2.64. The second kappa shape index (κ2) is 6.18. The van der Waals surface area contributed by atoms with Gasteiger partial charge < -0.3 is 15.6 Å². The first-order valence-corrected chi connectivity index (χ1v) is 6.12. The van der Waals surface area contributed by atoms with Crippen molar-refractivity contribution in [3.63, 3.8) is 0 Å². The summed E-state index contributed by atoms with van der Waals surface area (Å²) in [4.78, 5) is 1.28. The summed E-state index contributed by atoms with van der Waals surface area (Å²) >= 11 is 0. The molecule has 4 nitrogen and oxygen atoms in total. The van der Waals surface area contributed by atoms with E-state index in [0.717, 1.165) is 0 Å². The molecule has 108 valence electrons. The number of morpholine rings is 1. The molecule has 1 aliphatic heterocycles. The molecule has 4 atom stereocenters. The Morgan fingerprint density at radius 1 is 1.44 bits per heavy atom. The third kappa shape index (κ3) is 3.81. The average Bonchev–Trinajstić information content (AvgIpc) is 2.26. The van der Waals surface area contributed by atoms with Gasteiger partial charge in [0.2, 0.25) is 0 Å². The van der Waals surface area contributed by atoms with Crippen molar-refractivity contribution in [2.45, 2.75) is 50.7 Å². The molecular weight excluding hydrogens is 249 g/mol. The fourth-order valence-electron chi connectivity index (χ4n) is 2.35. The van der Waals surface area contributed by atoms with Gasteiger partial charge >= 0.3 is 6.18 Å². The summed E-state index contributed by atoms with van der Waals surface area (Å²) in [5.41, 5.74) is 5.60. The minimum absolute atomic E-state index is 0.0543. The van der Waals surface area contributed by atoms with Crippen LogP contribution in [-0.2, 0) is 4.74 Å². The number of nitrogens with two attached hydrogens (primary N) is 1. The zero-order chi connectivity index (χ0) is 13.9. The number of ether oxygens (including phenoxy) is 1. The third-order valence-electron chi connectivity index (χ3n) is 3.16. The highest BCUT2D eigenvalue weighted by molar-refractivity contribution is 4.91. The molecule has 1 rings (SSSR count). The van der Waals surface area contributed by atoms with Crippen LogP contribution >= 0.6 is 0 Å². The molecule has 0 amide bonds. The van der Waals surface area contributed by atoms with Gasteiger partial charge in [0.05, 0.1) is 18.8 Å². The zero-order valence-corrected chi connectivity index (χ0v) is 10.7. The first kappa shape index (κ1) is 15.7. The Balaban J connectivity index is 2.84. The van der Waals surface area contributed by atoms with Crippen LogP contribution in [-0.4, -0.2) is 60.2 Å². The molecule has 0 radical (unpaired) electrons. The van der Waals surface area contributed by atoms with Crippen molar-refractivity contribution in [2.75, 3.05) is 19.7 Å². The Labute approximate surface area is 105 Å². The maximum Gasteiger partial charge on any atom is 0.405 e. The Hall–Kier alpha value is -0.370. The van der Waals surface area contributed by atoms with Crippen LogP contribution in [0.1, 0.15) is 20.3 Å². The van der Waals surface area contributed by atoms with Gasteiger partial charge in [0.25, 0.3) is 0 Å². The Morgan fingerprint density at radius 3 is 2.50 bits per heavy atom. The molecule has 0 aromatic carbocycles. The lowest BCUT2D eigenvalue weighted by Gasteiger charge is -2.43. The lowest BCUT2D eigenvalue weighted by Crippen LogP contribution is -2.61.